The second-order valence-electron chi connectivity index (χ2n) is 8.68. The van der Waals surface area contributed by atoms with Crippen LogP contribution in [-0.4, -0.2) is 51.2 Å². The van der Waals surface area contributed by atoms with Crippen LogP contribution in [0, 0.1) is 13.8 Å². The standard InChI is InChI=1S/C27H28N6O3/c1-16-12-17(2)33-27(30-16)31-24(32-33)13-25(34)29-15-21(19-9-7-11-23(35-3)26(19)36-4)20-14-28-22-10-6-5-8-18(20)22/h5-12,14,21,28H,13,15H2,1-4H3,(H,29,34). The number of amides is 1. The number of aryl methyl sites for hydroxylation is 2. The number of ether oxygens (including phenoxy) is 2. The molecule has 0 saturated carbocycles. The van der Waals surface area contributed by atoms with Crippen LogP contribution in [0.3, 0.4) is 0 Å². The molecule has 5 rings (SSSR count). The highest BCUT2D eigenvalue weighted by molar-refractivity contribution is 5.85. The van der Waals surface area contributed by atoms with E-state index in [0.717, 1.165) is 33.4 Å². The lowest BCUT2D eigenvalue weighted by Gasteiger charge is -2.22. The normalized spacial score (nSPS) is 12.1. The number of rotatable bonds is 8. The van der Waals surface area contributed by atoms with Crippen molar-refractivity contribution >= 4 is 22.6 Å². The van der Waals surface area contributed by atoms with Crippen LogP contribution in [0.15, 0.2) is 54.7 Å². The van der Waals surface area contributed by atoms with Crippen molar-refractivity contribution in [1.82, 2.24) is 29.9 Å². The number of aromatic nitrogens is 5. The van der Waals surface area contributed by atoms with Crippen LogP contribution in [0.1, 0.15) is 34.3 Å². The van der Waals surface area contributed by atoms with Gasteiger partial charge in [-0.05, 0) is 37.6 Å². The highest BCUT2D eigenvalue weighted by Crippen LogP contribution is 2.40. The molecular formula is C27H28N6O3. The van der Waals surface area contributed by atoms with E-state index in [2.05, 4.69) is 31.4 Å². The summed E-state index contributed by atoms with van der Waals surface area (Å²) in [5.74, 6) is 1.84. The van der Waals surface area contributed by atoms with Gasteiger partial charge in [0, 0.05) is 46.5 Å². The first-order valence-electron chi connectivity index (χ1n) is 11.7. The predicted molar refractivity (Wildman–Crippen MR) is 137 cm³/mol. The molecule has 5 aromatic rings. The van der Waals surface area contributed by atoms with Gasteiger partial charge in [0.25, 0.3) is 5.78 Å². The van der Waals surface area contributed by atoms with Crippen LogP contribution in [0.2, 0.25) is 0 Å². The number of nitrogens with one attached hydrogen (secondary N) is 2. The zero-order chi connectivity index (χ0) is 25.2. The first-order chi connectivity index (χ1) is 17.5. The highest BCUT2D eigenvalue weighted by Gasteiger charge is 2.24. The molecule has 3 heterocycles. The third kappa shape index (κ3) is 4.35. The van der Waals surface area contributed by atoms with E-state index in [1.807, 2.05) is 62.5 Å². The first kappa shape index (κ1) is 23.3. The maximum absolute atomic E-state index is 13.0. The molecule has 9 nitrogen and oxygen atoms in total. The molecule has 0 saturated heterocycles. The van der Waals surface area contributed by atoms with E-state index in [9.17, 15) is 4.79 Å². The maximum Gasteiger partial charge on any atom is 0.252 e. The minimum absolute atomic E-state index is 0.0533. The molecule has 184 valence electrons. The molecule has 9 heteroatoms. The minimum Gasteiger partial charge on any atom is -0.493 e. The van der Waals surface area contributed by atoms with Gasteiger partial charge in [-0.3, -0.25) is 4.79 Å². The van der Waals surface area contributed by atoms with Gasteiger partial charge in [0.1, 0.15) is 0 Å². The molecule has 0 bridgehead atoms. The largest absolute Gasteiger partial charge is 0.493 e. The molecule has 0 aliphatic rings. The van der Waals surface area contributed by atoms with Gasteiger partial charge in [-0.2, -0.15) is 4.98 Å². The quantitative estimate of drug-likeness (QED) is 0.348. The third-order valence-electron chi connectivity index (χ3n) is 6.29. The summed E-state index contributed by atoms with van der Waals surface area (Å²) in [6, 6.07) is 15.8. The number of fused-ring (bicyclic) bond motifs is 2. The van der Waals surface area contributed by atoms with Gasteiger partial charge < -0.3 is 19.8 Å². The molecule has 0 aliphatic heterocycles. The van der Waals surface area contributed by atoms with Crippen molar-refractivity contribution in [2.45, 2.75) is 26.2 Å². The molecule has 0 radical (unpaired) electrons. The zero-order valence-electron chi connectivity index (χ0n) is 20.7. The Morgan fingerprint density at radius 3 is 2.69 bits per heavy atom. The fourth-order valence-electron chi connectivity index (χ4n) is 4.66. The summed E-state index contributed by atoms with van der Waals surface area (Å²) < 4.78 is 12.9. The van der Waals surface area contributed by atoms with E-state index >= 15 is 0 Å². The fourth-order valence-corrected chi connectivity index (χ4v) is 4.66. The number of carbonyl (C=O) groups is 1. The van der Waals surface area contributed by atoms with Gasteiger partial charge in [0.05, 0.1) is 20.6 Å². The van der Waals surface area contributed by atoms with Gasteiger partial charge in [-0.25, -0.2) is 9.50 Å². The van der Waals surface area contributed by atoms with E-state index in [-0.39, 0.29) is 18.2 Å². The van der Waals surface area contributed by atoms with Crippen LogP contribution < -0.4 is 14.8 Å². The Balaban J connectivity index is 1.44. The van der Waals surface area contributed by atoms with E-state index in [1.165, 1.54) is 0 Å². The van der Waals surface area contributed by atoms with Crippen molar-refractivity contribution in [3.8, 4) is 11.5 Å². The number of methoxy groups -OCH3 is 2. The third-order valence-corrected chi connectivity index (χ3v) is 6.29. The van der Waals surface area contributed by atoms with Gasteiger partial charge >= 0.3 is 0 Å². The SMILES string of the molecule is COc1cccc(C(CNC(=O)Cc2nc3nc(C)cc(C)n3n2)c2c[nH]c3ccccc23)c1OC. The summed E-state index contributed by atoms with van der Waals surface area (Å²) >= 11 is 0. The van der Waals surface area contributed by atoms with E-state index in [4.69, 9.17) is 9.47 Å². The number of benzene rings is 2. The summed E-state index contributed by atoms with van der Waals surface area (Å²) in [4.78, 5) is 25.2. The summed E-state index contributed by atoms with van der Waals surface area (Å²) in [5, 5.41) is 8.63. The summed E-state index contributed by atoms with van der Waals surface area (Å²) in [7, 11) is 3.24. The maximum atomic E-state index is 13.0. The summed E-state index contributed by atoms with van der Waals surface area (Å²) in [6.07, 6.45) is 2.04. The van der Waals surface area contributed by atoms with E-state index < -0.39 is 0 Å². The van der Waals surface area contributed by atoms with Crippen molar-refractivity contribution in [3.05, 3.63) is 83.1 Å². The Kier molecular flexibility index (Phi) is 6.28. The molecule has 1 unspecified atom stereocenters. The number of H-pyrrole nitrogens is 1. The molecule has 1 amide bonds. The minimum atomic E-state index is -0.185. The number of nitrogens with zero attached hydrogens (tertiary/aromatic N) is 4. The van der Waals surface area contributed by atoms with Crippen LogP contribution in [0.5, 0.6) is 11.5 Å². The number of carbonyl (C=O) groups excluding carboxylic acids is 1. The van der Waals surface area contributed by atoms with Crippen LogP contribution in [-0.2, 0) is 11.2 Å². The number of hydrogen-bond acceptors (Lipinski definition) is 6. The molecule has 0 spiro atoms. The number of para-hydroxylation sites is 2. The second-order valence-corrected chi connectivity index (χ2v) is 8.68. The monoisotopic (exact) mass is 484 g/mol. The smallest absolute Gasteiger partial charge is 0.252 e. The van der Waals surface area contributed by atoms with Gasteiger partial charge in [-0.1, -0.05) is 30.3 Å². The van der Waals surface area contributed by atoms with Crippen molar-refractivity contribution in [2.75, 3.05) is 20.8 Å². The second kappa shape index (κ2) is 9.69. The Morgan fingerprint density at radius 1 is 1.06 bits per heavy atom. The molecule has 0 fully saturated rings. The Labute approximate surface area is 208 Å². The lowest BCUT2D eigenvalue weighted by molar-refractivity contribution is -0.120. The number of aromatic amines is 1. The van der Waals surface area contributed by atoms with E-state index in [1.54, 1.807) is 18.7 Å². The molecular weight excluding hydrogens is 456 g/mol. The average Bonchev–Trinajstić information content (AvgIpc) is 3.48. The molecule has 3 aromatic heterocycles. The zero-order valence-corrected chi connectivity index (χ0v) is 20.7. The number of hydrogen-bond donors (Lipinski definition) is 2. The molecule has 1 atom stereocenters. The van der Waals surface area contributed by atoms with Crippen LogP contribution >= 0.6 is 0 Å². The molecule has 0 aliphatic carbocycles. The predicted octanol–water partition coefficient (Wildman–Crippen LogP) is 3.73. The fraction of sp³-hybridized carbons (Fsp3) is 0.259. The van der Waals surface area contributed by atoms with Crippen molar-refractivity contribution < 1.29 is 14.3 Å². The van der Waals surface area contributed by atoms with Crippen molar-refractivity contribution in [2.24, 2.45) is 0 Å². The Hall–Kier alpha value is -4.40. The topological polar surface area (TPSA) is 106 Å². The Bertz CT molecular complexity index is 1550. The summed E-state index contributed by atoms with van der Waals surface area (Å²) in [5.41, 5.74) is 4.78. The van der Waals surface area contributed by atoms with Crippen LogP contribution in [0.4, 0.5) is 0 Å². The van der Waals surface area contributed by atoms with Gasteiger partial charge in [0.2, 0.25) is 5.91 Å². The first-order valence-corrected chi connectivity index (χ1v) is 11.7. The average molecular weight is 485 g/mol. The Morgan fingerprint density at radius 2 is 1.89 bits per heavy atom. The lowest BCUT2D eigenvalue weighted by atomic mass is 9.89. The lowest BCUT2D eigenvalue weighted by Crippen LogP contribution is -2.30. The van der Waals surface area contributed by atoms with Gasteiger partial charge in [-0.15, -0.1) is 5.10 Å². The summed E-state index contributed by atoms with van der Waals surface area (Å²) in [6.45, 7) is 4.20. The molecule has 2 N–H and O–H groups in total. The molecule has 2 aromatic carbocycles. The van der Waals surface area contributed by atoms with Crippen LogP contribution in [0.25, 0.3) is 16.7 Å². The molecule has 36 heavy (non-hydrogen) atoms. The highest BCUT2D eigenvalue weighted by atomic mass is 16.5. The van der Waals surface area contributed by atoms with Gasteiger partial charge in [0.15, 0.2) is 17.3 Å². The van der Waals surface area contributed by atoms with Crippen molar-refractivity contribution in [3.63, 3.8) is 0 Å². The van der Waals surface area contributed by atoms with E-state index in [0.29, 0.717) is 29.6 Å². The van der Waals surface area contributed by atoms with Crippen molar-refractivity contribution in [1.29, 1.82) is 0 Å².